The molecule has 0 aromatic heterocycles. The number of esters is 1. The number of carbonyl (C=O) groups is 1. The van der Waals surface area contributed by atoms with Gasteiger partial charge in [-0.05, 0) is 37.8 Å². The summed E-state index contributed by atoms with van der Waals surface area (Å²) in [5.74, 6) is 0.550. The van der Waals surface area contributed by atoms with E-state index in [-0.39, 0.29) is 12.0 Å². The molecule has 23 heavy (non-hydrogen) atoms. The van der Waals surface area contributed by atoms with Crippen molar-refractivity contribution in [2.75, 3.05) is 14.2 Å². The van der Waals surface area contributed by atoms with E-state index in [0.29, 0.717) is 5.56 Å². The number of aryl methyl sites for hydroxylation is 1. The lowest BCUT2D eigenvalue weighted by Crippen LogP contribution is -2.07. The van der Waals surface area contributed by atoms with Crippen LogP contribution in [0.25, 0.3) is 6.08 Å². The van der Waals surface area contributed by atoms with E-state index in [2.05, 4.69) is 11.1 Å². The van der Waals surface area contributed by atoms with Gasteiger partial charge in [0.2, 0.25) is 0 Å². The van der Waals surface area contributed by atoms with Gasteiger partial charge in [-0.15, -0.1) is 0 Å². The monoisotopic (exact) mass is 315 g/mol. The van der Waals surface area contributed by atoms with Crippen molar-refractivity contribution in [3.63, 3.8) is 0 Å². The molecule has 1 aromatic carbocycles. The molecule has 0 saturated heterocycles. The molecule has 0 aliphatic carbocycles. The Bertz CT molecular complexity index is 605. The van der Waals surface area contributed by atoms with Crippen molar-refractivity contribution in [2.24, 2.45) is 4.99 Å². The SMILES string of the molecule is COC(=O)c1cc(C)ccc1/C=C/CC1CCCCC(OC)=N1. The minimum absolute atomic E-state index is 0.260. The van der Waals surface area contributed by atoms with E-state index in [4.69, 9.17) is 9.47 Å². The topological polar surface area (TPSA) is 47.9 Å². The number of benzene rings is 1. The second-order valence-electron chi connectivity index (χ2n) is 5.85. The predicted octanol–water partition coefficient (Wildman–Crippen LogP) is 4.17. The van der Waals surface area contributed by atoms with Gasteiger partial charge in [0.05, 0.1) is 25.8 Å². The highest BCUT2D eigenvalue weighted by atomic mass is 16.5. The Hall–Kier alpha value is -2.10. The Morgan fingerprint density at radius 2 is 2.17 bits per heavy atom. The average Bonchev–Trinajstić information content (AvgIpc) is 2.80. The van der Waals surface area contributed by atoms with Gasteiger partial charge in [-0.1, -0.05) is 36.3 Å². The van der Waals surface area contributed by atoms with Gasteiger partial charge in [0.25, 0.3) is 0 Å². The molecule has 0 spiro atoms. The van der Waals surface area contributed by atoms with Crippen molar-refractivity contribution in [1.82, 2.24) is 0 Å². The van der Waals surface area contributed by atoms with Crippen LogP contribution in [0.5, 0.6) is 0 Å². The van der Waals surface area contributed by atoms with E-state index in [1.54, 1.807) is 7.11 Å². The maximum absolute atomic E-state index is 11.9. The van der Waals surface area contributed by atoms with Gasteiger partial charge >= 0.3 is 5.97 Å². The zero-order chi connectivity index (χ0) is 16.7. The molecule has 1 heterocycles. The first kappa shape index (κ1) is 17.3. The fourth-order valence-electron chi connectivity index (χ4n) is 2.77. The van der Waals surface area contributed by atoms with E-state index >= 15 is 0 Å². The van der Waals surface area contributed by atoms with E-state index in [0.717, 1.165) is 42.7 Å². The number of hydrogen-bond acceptors (Lipinski definition) is 4. The molecule has 0 saturated carbocycles. The Balaban J connectivity index is 2.09. The standard InChI is InChI=1S/C19H25NO3/c1-14-11-12-15(17(13-14)19(21)23-3)7-6-9-16-8-4-5-10-18(20-16)22-2/h6-7,11-13,16H,4-5,8-10H2,1-3H3/b7-6+. The number of hydrogen-bond donors (Lipinski definition) is 0. The van der Waals surface area contributed by atoms with Crippen molar-refractivity contribution in [2.45, 2.75) is 45.1 Å². The molecule has 1 aliphatic rings. The Morgan fingerprint density at radius 1 is 1.35 bits per heavy atom. The van der Waals surface area contributed by atoms with Crippen LogP contribution in [0.3, 0.4) is 0 Å². The summed E-state index contributed by atoms with van der Waals surface area (Å²) in [6.45, 7) is 1.96. The number of carbonyl (C=O) groups excluding carboxylic acids is 1. The summed E-state index contributed by atoms with van der Waals surface area (Å²) in [6.07, 6.45) is 9.24. The lowest BCUT2D eigenvalue weighted by Gasteiger charge is -2.09. The molecule has 2 rings (SSSR count). The number of methoxy groups -OCH3 is 2. The summed E-state index contributed by atoms with van der Waals surface area (Å²) >= 11 is 0. The maximum Gasteiger partial charge on any atom is 0.338 e. The highest BCUT2D eigenvalue weighted by molar-refractivity contribution is 5.93. The van der Waals surface area contributed by atoms with Gasteiger partial charge in [-0.25, -0.2) is 4.79 Å². The lowest BCUT2D eigenvalue weighted by atomic mass is 10.0. The van der Waals surface area contributed by atoms with Crippen LogP contribution in [-0.4, -0.2) is 32.1 Å². The molecule has 1 atom stereocenters. The molecule has 1 aliphatic heterocycles. The number of nitrogens with zero attached hydrogens (tertiary/aromatic N) is 1. The predicted molar refractivity (Wildman–Crippen MR) is 92.9 cm³/mol. The number of rotatable bonds is 4. The van der Waals surface area contributed by atoms with Crippen LogP contribution in [0, 0.1) is 6.92 Å². The fourth-order valence-corrected chi connectivity index (χ4v) is 2.77. The van der Waals surface area contributed by atoms with Crippen LogP contribution in [0.1, 0.15) is 53.6 Å². The summed E-state index contributed by atoms with van der Waals surface area (Å²) < 4.78 is 10.2. The van der Waals surface area contributed by atoms with E-state index in [1.165, 1.54) is 13.5 Å². The molecule has 0 fully saturated rings. The van der Waals surface area contributed by atoms with E-state index in [9.17, 15) is 4.79 Å². The minimum Gasteiger partial charge on any atom is -0.484 e. The van der Waals surface area contributed by atoms with Gasteiger partial charge in [0, 0.05) is 6.42 Å². The summed E-state index contributed by atoms with van der Waals surface area (Å²) in [6, 6.07) is 6.07. The van der Waals surface area contributed by atoms with Crippen LogP contribution < -0.4 is 0 Å². The first-order valence-corrected chi connectivity index (χ1v) is 8.10. The van der Waals surface area contributed by atoms with Gasteiger partial charge in [0.1, 0.15) is 0 Å². The van der Waals surface area contributed by atoms with Crippen molar-refractivity contribution in [3.8, 4) is 0 Å². The normalized spacial score (nSPS) is 18.4. The Kier molecular flexibility index (Phi) is 6.39. The molecule has 0 N–H and O–H groups in total. The zero-order valence-electron chi connectivity index (χ0n) is 14.2. The van der Waals surface area contributed by atoms with Gasteiger partial charge in [-0.2, -0.15) is 0 Å². The molecule has 0 radical (unpaired) electrons. The van der Waals surface area contributed by atoms with Gasteiger partial charge in [-0.3, -0.25) is 4.99 Å². The molecule has 4 heteroatoms. The van der Waals surface area contributed by atoms with Crippen LogP contribution >= 0.6 is 0 Å². The first-order valence-electron chi connectivity index (χ1n) is 8.10. The number of ether oxygens (including phenoxy) is 2. The van der Waals surface area contributed by atoms with Crippen LogP contribution in [0.2, 0.25) is 0 Å². The lowest BCUT2D eigenvalue weighted by molar-refractivity contribution is 0.0600. The van der Waals surface area contributed by atoms with Crippen LogP contribution in [-0.2, 0) is 9.47 Å². The maximum atomic E-state index is 11.9. The third kappa shape index (κ3) is 4.95. The quantitative estimate of drug-likeness (QED) is 0.783. The van der Waals surface area contributed by atoms with Crippen LogP contribution in [0.15, 0.2) is 29.3 Å². The third-order valence-electron chi connectivity index (χ3n) is 4.06. The average molecular weight is 315 g/mol. The molecule has 0 bridgehead atoms. The van der Waals surface area contributed by atoms with Gasteiger partial charge < -0.3 is 9.47 Å². The molecule has 0 amide bonds. The second kappa shape index (κ2) is 8.51. The summed E-state index contributed by atoms with van der Waals surface area (Å²) in [7, 11) is 3.09. The van der Waals surface area contributed by atoms with Crippen molar-refractivity contribution in [3.05, 3.63) is 41.0 Å². The third-order valence-corrected chi connectivity index (χ3v) is 4.06. The van der Waals surface area contributed by atoms with Gasteiger partial charge in [0.15, 0.2) is 5.90 Å². The summed E-state index contributed by atoms with van der Waals surface area (Å²) in [5, 5.41) is 0. The minimum atomic E-state index is -0.303. The largest absolute Gasteiger partial charge is 0.484 e. The smallest absolute Gasteiger partial charge is 0.338 e. The first-order chi connectivity index (χ1) is 11.1. The molecule has 124 valence electrons. The Labute approximate surface area is 138 Å². The Morgan fingerprint density at radius 3 is 2.91 bits per heavy atom. The number of aliphatic imine (C=N–C) groups is 1. The molecule has 1 unspecified atom stereocenters. The molecule has 4 nitrogen and oxygen atoms in total. The highest BCUT2D eigenvalue weighted by Crippen LogP contribution is 2.19. The van der Waals surface area contributed by atoms with Crippen molar-refractivity contribution in [1.29, 1.82) is 0 Å². The van der Waals surface area contributed by atoms with Crippen molar-refractivity contribution < 1.29 is 14.3 Å². The second-order valence-corrected chi connectivity index (χ2v) is 5.85. The van der Waals surface area contributed by atoms with Crippen molar-refractivity contribution >= 4 is 17.9 Å². The summed E-state index contributed by atoms with van der Waals surface area (Å²) in [4.78, 5) is 16.5. The molecule has 1 aromatic rings. The fraction of sp³-hybridized carbons (Fsp3) is 0.474. The summed E-state index contributed by atoms with van der Waals surface area (Å²) in [5.41, 5.74) is 2.53. The highest BCUT2D eigenvalue weighted by Gasteiger charge is 2.13. The van der Waals surface area contributed by atoms with Crippen LogP contribution in [0.4, 0.5) is 0 Å². The zero-order valence-corrected chi connectivity index (χ0v) is 14.2. The molecular weight excluding hydrogens is 290 g/mol. The molecular formula is C19H25NO3. The van der Waals surface area contributed by atoms with E-state index < -0.39 is 0 Å². The van der Waals surface area contributed by atoms with E-state index in [1.807, 2.05) is 31.2 Å².